The zero-order valence-electron chi connectivity index (χ0n) is 16.4. The molecule has 0 heterocycles. The van der Waals surface area contributed by atoms with Crippen LogP contribution in [0.15, 0.2) is 47.6 Å². The standard InChI is InChI=1S/C22H27N3O2/c1-15(2)19-8-6-18(7-9-19)14-23-25-22(27)12-11-21(26)24-20-10-5-16(3)17(4)13-20/h5-10,13-15H,11-12H2,1-4H3,(H,24,26)(H,25,27)/b23-14-. The Morgan fingerprint density at radius 2 is 1.63 bits per heavy atom. The second-order valence-corrected chi connectivity index (χ2v) is 6.96. The van der Waals surface area contributed by atoms with Crippen molar-refractivity contribution in [2.24, 2.45) is 5.10 Å². The minimum atomic E-state index is -0.291. The SMILES string of the molecule is Cc1ccc(NC(=O)CCC(=O)N/N=C\c2ccc(C(C)C)cc2)cc1C. The molecule has 0 aliphatic rings. The first kappa shape index (κ1) is 20.4. The van der Waals surface area contributed by atoms with Crippen molar-refractivity contribution >= 4 is 23.7 Å². The molecule has 0 aliphatic carbocycles. The second-order valence-electron chi connectivity index (χ2n) is 6.96. The van der Waals surface area contributed by atoms with E-state index in [1.807, 2.05) is 56.3 Å². The van der Waals surface area contributed by atoms with E-state index in [9.17, 15) is 9.59 Å². The Morgan fingerprint density at radius 3 is 2.26 bits per heavy atom. The van der Waals surface area contributed by atoms with Crippen LogP contribution in [0.25, 0.3) is 0 Å². The third kappa shape index (κ3) is 6.70. The first-order chi connectivity index (χ1) is 12.8. The molecule has 0 fully saturated rings. The van der Waals surface area contributed by atoms with Crippen LogP contribution in [0.2, 0.25) is 0 Å². The molecule has 0 radical (unpaired) electrons. The third-order valence-electron chi connectivity index (χ3n) is 4.38. The van der Waals surface area contributed by atoms with Gasteiger partial charge in [-0.2, -0.15) is 5.10 Å². The summed E-state index contributed by atoms with van der Waals surface area (Å²) < 4.78 is 0. The lowest BCUT2D eigenvalue weighted by atomic mass is 10.0. The molecule has 0 saturated carbocycles. The van der Waals surface area contributed by atoms with Crippen molar-refractivity contribution in [2.45, 2.75) is 46.5 Å². The van der Waals surface area contributed by atoms with Gasteiger partial charge in [-0.05, 0) is 54.2 Å². The Labute approximate surface area is 160 Å². The van der Waals surface area contributed by atoms with Gasteiger partial charge in [-0.25, -0.2) is 5.43 Å². The number of aryl methyl sites for hydroxylation is 2. The molecule has 0 saturated heterocycles. The van der Waals surface area contributed by atoms with E-state index >= 15 is 0 Å². The zero-order chi connectivity index (χ0) is 19.8. The topological polar surface area (TPSA) is 70.6 Å². The van der Waals surface area contributed by atoms with Crippen molar-refractivity contribution in [3.8, 4) is 0 Å². The van der Waals surface area contributed by atoms with Gasteiger partial charge in [0.25, 0.3) is 0 Å². The fraction of sp³-hybridized carbons (Fsp3) is 0.318. The highest BCUT2D eigenvalue weighted by Gasteiger charge is 2.07. The monoisotopic (exact) mass is 365 g/mol. The maximum Gasteiger partial charge on any atom is 0.240 e. The predicted octanol–water partition coefficient (Wildman–Crippen LogP) is 4.30. The molecule has 2 aromatic carbocycles. The smallest absolute Gasteiger partial charge is 0.240 e. The van der Waals surface area contributed by atoms with Crippen LogP contribution in [0, 0.1) is 13.8 Å². The molecule has 0 atom stereocenters. The Morgan fingerprint density at radius 1 is 0.963 bits per heavy atom. The summed E-state index contributed by atoms with van der Waals surface area (Å²) in [4.78, 5) is 23.8. The molecular formula is C22H27N3O2. The summed E-state index contributed by atoms with van der Waals surface area (Å²) in [6, 6.07) is 13.7. The van der Waals surface area contributed by atoms with E-state index in [4.69, 9.17) is 0 Å². The summed E-state index contributed by atoms with van der Waals surface area (Å²) in [5.74, 6) is -0.00685. The lowest BCUT2D eigenvalue weighted by molar-refractivity contribution is -0.124. The molecule has 5 nitrogen and oxygen atoms in total. The van der Waals surface area contributed by atoms with Gasteiger partial charge in [0.2, 0.25) is 11.8 Å². The lowest BCUT2D eigenvalue weighted by Gasteiger charge is -2.07. The largest absolute Gasteiger partial charge is 0.326 e. The highest BCUT2D eigenvalue weighted by Crippen LogP contribution is 2.15. The van der Waals surface area contributed by atoms with Crippen molar-refractivity contribution in [2.75, 3.05) is 5.32 Å². The van der Waals surface area contributed by atoms with Crippen molar-refractivity contribution in [3.63, 3.8) is 0 Å². The van der Waals surface area contributed by atoms with E-state index in [1.165, 1.54) is 11.1 Å². The average molecular weight is 365 g/mol. The number of rotatable bonds is 7. The molecular weight excluding hydrogens is 338 g/mol. The normalized spacial score (nSPS) is 11.0. The molecule has 2 aromatic rings. The summed E-state index contributed by atoms with van der Waals surface area (Å²) >= 11 is 0. The average Bonchev–Trinajstić information content (AvgIpc) is 2.63. The molecule has 2 N–H and O–H groups in total. The molecule has 0 aliphatic heterocycles. The van der Waals surface area contributed by atoms with Gasteiger partial charge in [-0.15, -0.1) is 0 Å². The van der Waals surface area contributed by atoms with Gasteiger partial charge in [-0.3, -0.25) is 9.59 Å². The van der Waals surface area contributed by atoms with Crippen LogP contribution in [0.5, 0.6) is 0 Å². The Balaban J connectivity index is 1.75. The molecule has 0 bridgehead atoms. The number of carbonyl (C=O) groups is 2. The molecule has 27 heavy (non-hydrogen) atoms. The van der Waals surface area contributed by atoms with Gasteiger partial charge in [0.05, 0.1) is 6.21 Å². The fourth-order valence-electron chi connectivity index (χ4n) is 2.47. The van der Waals surface area contributed by atoms with Gasteiger partial charge in [-0.1, -0.05) is 44.2 Å². The number of hydrogen-bond acceptors (Lipinski definition) is 3. The highest BCUT2D eigenvalue weighted by molar-refractivity contribution is 5.93. The van der Waals surface area contributed by atoms with Crippen molar-refractivity contribution < 1.29 is 9.59 Å². The number of benzene rings is 2. The van der Waals surface area contributed by atoms with Crippen LogP contribution in [0.1, 0.15) is 54.9 Å². The Hall–Kier alpha value is -2.95. The molecule has 0 aromatic heterocycles. The van der Waals surface area contributed by atoms with E-state index in [-0.39, 0.29) is 24.7 Å². The number of amides is 2. The highest BCUT2D eigenvalue weighted by atomic mass is 16.2. The lowest BCUT2D eigenvalue weighted by Crippen LogP contribution is -2.20. The van der Waals surface area contributed by atoms with Crippen LogP contribution >= 0.6 is 0 Å². The predicted molar refractivity (Wildman–Crippen MR) is 110 cm³/mol. The molecule has 142 valence electrons. The molecule has 0 unspecified atom stereocenters. The summed E-state index contributed by atoms with van der Waals surface area (Å²) in [6.45, 7) is 8.29. The van der Waals surface area contributed by atoms with Crippen molar-refractivity contribution in [1.29, 1.82) is 0 Å². The number of hydrogen-bond donors (Lipinski definition) is 2. The molecule has 2 rings (SSSR count). The van der Waals surface area contributed by atoms with E-state index < -0.39 is 0 Å². The van der Waals surface area contributed by atoms with Crippen LogP contribution in [0.3, 0.4) is 0 Å². The minimum Gasteiger partial charge on any atom is -0.326 e. The van der Waals surface area contributed by atoms with Gasteiger partial charge < -0.3 is 5.32 Å². The van der Waals surface area contributed by atoms with Gasteiger partial charge in [0.15, 0.2) is 0 Å². The van der Waals surface area contributed by atoms with Crippen LogP contribution in [0.4, 0.5) is 5.69 Å². The van der Waals surface area contributed by atoms with Crippen LogP contribution in [-0.4, -0.2) is 18.0 Å². The number of anilines is 1. The molecule has 5 heteroatoms. The van der Waals surface area contributed by atoms with E-state index in [1.54, 1.807) is 6.21 Å². The van der Waals surface area contributed by atoms with Gasteiger partial charge in [0.1, 0.15) is 0 Å². The van der Waals surface area contributed by atoms with Crippen molar-refractivity contribution in [1.82, 2.24) is 5.43 Å². The second kappa shape index (κ2) is 9.67. The maximum atomic E-state index is 12.0. The first-order valence-corrected chi connectivity index (χ1v) is 9.14. The number of nitrogens with zero attached hydrogens (tertiary/aromatic N) is 1. The van der Waals surface area contributed by atoms with Crippen molar-refractivity contribution in [3.05, 3.63) is 64.7 Å². The van der Waals surface area contributed by atoms with E-state index in [0.29, 0.717) is 5.92 Å². The zero-order valence-corrected chi connectivity index (χ0v) is 16.4. The summed E-state index contributed by atoms with van der Waals surface area (Å²) in [6.07, 6.45) is 1.79. The summed E-state index contributed by atoms with van der Waals surface area (Å²) in [5.41, 5.74) is 7.64. The number of hydrazone groups is 1. The molecule has 2 amide bonds. The summed E-state index contributed by atoms with van der Waals surface area (Å²) in [7, 11) is 0. The van der Waals surface area contributed by atoms with Gasteiger partial charge >= 0.3 is 0 Å². The summed E-state index contributed by atoms with van der Waals surface area (Å²) in [5, 5.41) is 6.75. The molecule has 0 spiro atoms. The van der Waals surface area contributed by atoms with E-state index in [2.05, 4.69) is 29.7 Å². The fourth-order valence-corrected chi connectivity index (χ4v) is 2.47. The first-order valence-electron chi connectivity index (χ1n) is 9.14. The Kier molecular flexibility index (Phi) is 7.29. The number of carbonyl (C=O) groups excluding carboxylic acids is 2. The maximum absolute atomic E-state index is 12.0. The van der Waals surface area contributed by atoms with Gasteiger partial charge in [0, 0.05) is 18.5 Å². The number of nitrogens with one attached hydrogen (secondary N) is 2. The third-order valence-corrected chi connectivity index (χ3v) is 4.38. The van der Waals surface area contributed by atoms with Crippen LogP contribution in [-0.2, 0) is 9.59 Å². The quantitative estimate of drug-likeness (QED) is 0.567. The van der Waals surface area contributed by atoms with E-state index in [0.717, 1.165) is 16.8 Å². The Bertz CT molecular complexity index is 824. The minimum absolute atomic E-state index is 0.0836. The van der Waals surface area contributed by atoms with Crippen LogP contribution < -0.4 is 10.7 Å².